The van der Waals surface area contributed by atoms with Crippen LogP contribution in [0.4, 0.5) is 0 Å². The van der Waals surface area contributed by atoms with Gasteiger partial charge in [-0.1, -0.05) is 77.6 Å². The maximum Gasteiger partial charge on any atom is 0.00891 e. The lowest BCUT2D eigenvalue weighted by Crippen LogP contribution is -2.02. The second-order valence-electron chi connectivity index (χ2n) is 6.49. The largest absolute Gasteiger partial charge is 0.310 e. The van der Waals surface area contributed by atoms with Gasteiger partial charge in [0.25, 0.3) is 0 Å². The number of hydrogen-bond acceptors (Lipinski definition) is 1. The van der Waals surface area contributed by atoms with Crippen LogP contribution < -0.4 is 0 Å². The summed E-state index contributed by atoms with van der Waals surface area (Å²) in [5.74, 6) is 0.931. The quantitative estimate of drug-likeness (QED) is 0.559. The zero-order chi connectivity index (χ0) is 13.8. The molecule has 1 aliphatic carbocycles. The van der Waals surface area contributed by atoms with Crippen molar-refractivity contribution in [3.63, 3.8) is 0 Å². The van der Waals surface area contributed by atoms with E-state index in [0.717, 1.165) is 24.5 Å². The van der Waals surface area contributed by atoms with Crippen LogP contribution >= 0.6 is 0 Å². The lowest BCUT2D eigenvalue weighted by atomic mass is 9.91. The van der Waals surface area contributed by atoms with Crippen LogP contribution in [0, 0.1) is 11.3 Å². The van der Waals surface area contributed by atoms with E-state index in [0.29, 0.717) is 0 Å². The lowest BCUT2D eigenvalue weighted by Gasteiger charge is -2.15. The minimum absolute atomic E-state index is 0.931. The molecule has 0 saturated heterocycles. The summed E-state index contributed by atoms with van der Waals surface area (Å²) in [6.07, 6.45) is 20.2. The van der Waals surface area contributed by atoms with E-state index in [1.807, 2.05) is 0 Å². The van der Waals surface area contributed by atoms with Crippen LogP contribution in [0.5, 0.6) is 0 Å². The smallest absolute Gasteiger partial charge is 0.00891 e. The van der Waals surface area contributed by atoms with Gasteiger partial charge in [0, 0.05) is 5.71 Å². The van der Waals surface area contributed by atoms with Crippen molar-refractivity contribution in [2.75, 3.05) is 0 Å². The number of rotatable bonds is 1. The fourth-order valence-electron chi connectivity index (χ4n) is 3.29. The Kier molecular flexibility index (Phi) is 10.1. The molecule has 0 radical (unpaired) electrons. The maximum atomic E-state index is 8.02. The first kappa shape index (κ1) is 16.7. The highest BCUT2D eigenvalue weighted by molar-refractivity contribution is 5.81. The summed E-state index contributed by atoms with van der Waals surface area (Å²) in [5, 5.41) is 8.02. The van der Waals surface area contributed by atoms with E-state index in [-0.39, 0.29) is 0 Å². The van der Waals surface area contributed by atoms with E-state index in [1.165, 1.54) is 83.5 Å². The van der Waals surface area contributed by atoms with Gasteiger partial charge in [0.05, 0.1) is 0 Å². The molecule has 1 nitrogen and oxygen atoms in total. The first-order valence-corrected chi connectivity index (χ1v) is 8.89. The molecular formula is C18H35N. The molecule has 1 N–H and O–H groups in total. The molecule has 1 heteroatoms. The predicted molar refractivity (Wildman–Crippen MR) is 86.1 cm³/mol. The Bertz CT molecular complexity index is 222. The average molecular weight is 265 g/mol. The zero-order valence-electron chi connectivity index (χ0n) is 13.2. The summed E-state index contributed by atoms with van der Waals surface area (Å²) in [7, 11) is 0. The zero-order valence-corrected chi connectivity index (χ0v) is 13.2. The van der Waals surface area contributed by atoms with Crippen molar-refractivity contribution < 1.29 is 0 Å². The maximum absolute atomic E-state index is 8.02. The van der Waals surface area contributed by atoms with E-state index >= 15 is 0 Å². The number of nitrogens with one attached hydrogen (secondary N) is 1. The molecule has 0 aromatic rings. The summed E-state index contributed by atoms with van der Waals surface area (Å²) in [4.78, 5) is 0. The van der Waals surface area contributed by atoms with Crippen molar-refractivity contribution in [2.24, 2.45) is 5.92 Å². The van der Waals surface area contributed by atoms with Gasteiger partial charge in [0.15, 0.2) is 0 Å². The van der Waals surface area contributed by atoms with E-state index in [2.05, 4.69) is 6.92 Å². The van der Waals surface area contributed by atoms with Gasteiger partial charge in [-0.05, 0) is 31.6 Å². The molecule has 1 rings (SSSR count). The van der Waals surface area contributed by atoms with Crippen LogP contribution in [-0.2, 0) is 0 Å². The van der Waals surface area contributed by atoms with E-state index in [9.17, 15) is 0 Å². The third-order valence-electron chi connectivity index (χ3n) is 4.76. The summed E-state index contributed by atoms with van der Waals surface area (Å²) in [6, 6.07) is 0. The highest BCUT2D eigenvalue weighted by Crippen LogP contribution is 2.21. The van der Waals surface area contributed by atoms with Gasteiger partial charge in [0.2, 0.25) is 0 Å². The highest BCUT2D eigenvalue weighted by Gasteiger charge is 2.07. The monoisotopic (exact) mass is 265 g/mol. The summed E-state index contributed by atoms with van der Waals surface area (Å²) >= 11 is 0. The van der Waals surface area contributed by atoms with Crippen LogP contribution in [0.2, 0.25) is 0 Å². The normalized spacial score (nSPS) is 26.2. The molecule has 0 aromatic heterocycles. The van der Waals surface area contributed by atoms with Crippen LogP contribution in [0.3, 0.4) is 0 Å². The molecule has 0 bridgehead atoms. The van der Waals surface area contributed by atoms with Gasteiger partial charge in [-0.15, -0.1) is 0 Å². The Morgan fingerprint density at radius 2 is 1.21 bits per heavy atom. The standard InChI is InChI=1S/C18H35N/c1-2-17-13-10-8-6-4-3-5-7-9-11-15-18(19)16-12-14-17/h17,19H,2-16H2,1H3. The molecule has 1 aliphatic rings. The first-order valence-electron chi connectivity index (χ1n) is 8.89. The average Bonchev–Trinajstić information content (AvgIpc) is 2.41. The summed E-state index contributed by atoms with van der Waals surface area (Å²) in [5.41, 5.74) is 1.02. The lowest BCUT2D eigenvalue weighted by molar-refractivity contribution is 0.403. The third kappa shape index (κ3) is 9.24. The topological polar surface area (TPSA) is 23.9 Å². The Morgan fingerprint density at radius 1 is 0.737 bits per heavy atom. The van der Waals surface area contributed by atoms with Crippen LogP contribution in [0.1, 0.15) is 103 Å². The van der Waals surface area contributed by atoms with Gasteiger partial charge >= 0.3 is 0 Å². The molecule has 112 valence electrons. The summed E-state index contributed by atoms with van der Waals surface area (Å²) < 4.78 is 0. The molecule has 1 saturated carbocycles. The fraction of sp³-hybridized carbons (Fsp3) is 0.944. The SMILES string of the molecule is CCC1CCCCCCCCCCCC(=N)CCC1. The van der Waals surface area contributed by atoms with Crippen molar-refractivity contribution >= 4 is 5.71 Å². The molecule has 1 fully saturated rings. The molecule has 0 aromatic carbocycles. The highest BCUT2D eigenvalue weighted by atomic mass is 14.4. The van der Waals surface area contributed by atoms with Crippen LogP contribution in [0.25, 0.3) is 0 Å². The molecule has 19 heavy (non-hydrogen) atoms. The van der Waals surface area contributed by atoms with Crippen molar-refractivity contribution in [1.82, 2.24) is 0 Å². The second-order valence-corrected chi connectivity index (χ2v) is 6.49. The summed E-state index contributed by atoms with van der Waals surface area (Å²) in [6.45, 7) is 2.34. The second kappa shape index (κ2) is 11.5. The Hall–Kier alpha value is -0.330. The van der Waals surface area contributed by atoms with Gasteiger partial charge in [-0.3, -0.25) is 0 Å². The van der Waals surface area contributed by atoms with Crippen molar-refractivity contribution in [1.29, 1.82) is 5.41 Å². The van der Waals surface area contributed by atoms with Crippen LogP contribution in [0.15, 0.2) is 0 Å². The van der Waals surface area contributed by atoms with E-state index < -0.39 is 0 Å². The Labute approximate surface area is 121 Å². The third-order valence-corrected chi connectivity index (χ3v) is 4.76. The van der Waals surface area contributed by atoms with Crippen molar-refractivity contribution in [3.05, 3.63) is 0 Å². The van der Waals surface area contributed by atoms with Crippen molar-refractivity contribution in [2.45, 2.75) is 103 Å². The molecular weight excluding hydrogens is 230 g/mol. The fourth-order valence-corrected chi connectivity index (χ4v) is 3.29. The number of hydrogen-bond donors (Lipinski definition) is 1. The van der Waals surface area contributed by atoms with Gasteiger partial charge < -0.3 is 5.41 Å². The molecule has 0 heterocycles. The van der Waals surface area contributed by atoms with Gasteiger partial charge in [0.1, 0.15) is 0 Å². The van der Waals surface area contributed by atoms with Crippen LogP contribution in [-0.4, -0.2) is 5.71 Å². The molecule has 1 atom stereocenters. The van der Waals surface area contributed by atoms with E-state index in [4.69, 9.17) is 5.41 Å². The van der Waals surface area contributed by atoms with Gasteiger partial charge in [-0.2, -0.15) is 0 Å². The Balaban J connectivity index is 2.26. The molecule has 0 amide bonds. The Morgan fingerprint density at radius 3 is 1.84 bits per heavy atom. The molecule has 1 unspecified atom stereocenters. The van der Waals surface area contributed by atoms with Crippen molar-refractivity contribution in [3.8, 4) is 0 Å². The minimum atomic E-state index is 0.931. The van der Waals surface area contributed by atoms with Gasteiger partial charge in [-0.25, -0.2) is 0 Å². The van der Waals surface area contributed by atoms with E-state index in [1.54, 1.807) is 0 Å². The molecule has 0 aliphatic heterocycles. The minimum Gasteiger partial charge on any atom is -0.310 e. The predicted octanol–water partition coefficient (Wildman–Crippen LogP) is 6.51. The first-order chi connectivity index (χ1) is 9.33. The molecule has 0 spiro atoms.